The quantitative estimate of drug-likeness (QED) is 0.778. The molecular formula is C17H24F2N2O2. The molecule has 23 heavy (non-hydrogen) atoms. The summed E-state index contributed by atoms with van der Waals surface area (Å²) in [6, 6.07) is 5.84. The summed E-state index contributed by atoms with van der Waals surface area (Å²) in [5.41, 5.74) is 0.739. The molecule has 0 aromatic heterocycles. The third-order valence-corrected chi connectivity index (χ3v) is 4.35. The van der Waals surface area contributed by atoms with Gasteiger partial charge in [-0.25, -0.2) is 13.6 Å². The number of hydrogen-bond donors (Lipinski definition) is 3. The second-order valence-corrected chi connectivity index (χ2v) is 6.31. The van der Waals surface area contributed by atoms with Crippen LogP contribution in [0.4, 0.5) is 13.6 Å². The largest absolute Gasteiger partial charge is 0.396 e. The number of carbonyl (C=O) groups excluding carboxylic acids is 1. The molecule has 6 heteroatoms. The summed E-state index contributed by atoms with van der Waals surface area (Å²) in [6.45, 7) is 1.37. The molecule has 0 aliphatic heterocycles. The number of nitrogens with one attached hydrogen (secondary N) is 2. The highest BCUT2D eigenvalue weighted by molar-refractivity contribution is 5.74. The normalized spacial score (nSPS) is 21.7. The third kappa shape index (κ3) is 5.46. The van der Waals surface area contributed by atoms with E-state index in [1.54, 1.807) is 12.1 Å². The third-order valence-electron chi connectivity index (χ3n) is 4.35. The summed E-state index contributed by atoms with van der Waals surface area (Å²) in [7, 11) is 0. The highest BCUT2D eigenvalue weighted by Gasteiger charge is 2.24. The Morgan fingerprint density at radius 3 is 2.35 bits per heavy atom. The minimum atomic E-state index is -2.85. The number of alkyl halides is 2. The first kappa shape index (κ1) is 17.7. The van der Waals surface area contributed by atoms with Crippen LogP contribution < -0.4 is 10.6 Å². The summed E-state index contributed by atoms with van der Waals surface area (Å²) in [4.78, 5) is 11.9. The van der Waals surface area contributed by atoms with Crippen LogP contribution in [-0.2, 0) is 12.5 Å². The Balaban J connectivity index is 1.74. The summed E-state index contributed by atoms with van der Waals surface area (Å²) < 4.78 is 26.2. The summed E-state index contributed by atoms with van der Waals surface area (Å²) in [5.74, 6) is -2.50. The van der Waals surface area contributed by atoms with Gasteiger partial charge in [0.15, 0.2) is 0 Å². The second-order valence-electron chi connectivity index (χ2n) is 6.31. The van der Waals surface area contributed by atoms with E-state index in [1.807, 2.05) is 0 Å². The van der Waals surface area contributed by atoms with Crippen LogP contribution in [0.5, 0.6) is 0 Å². The van der Waals surface area contributed by atoms with Gasteiger partial charge in [-0.2, -0.15) is 0 Å². The molecule has 128 valence electrons. The van der Waals surface area contributed by atoms with Gasteiger partial charge in [-0.15, -0.1) is 0 Å². The van der Waals surface area contributed by atoms with E-state index in [-0.39, 0.29) is 24.2 Å². The van der Waals surface area contributed by atoms with E-state index in [4.69, 9.17) is 5.11 Å². The number of amides is 2. The van der Waals surface area contributed by atoms with Crippen LogP contribution in [-0.4, -0.2) is 23.8 Å². The second kappa shape index (κ2) is 7.73. The summed E-state index contributed by atoms with van der Waals surface area (Å²) >= 11 is 0. The zero-order valence-electron chi connectivity index (χ0n) is 13.3. The minimum absolute atomic E-state index is 0.0358. The molecule has 3 N–H and O–H groups in total. The fourth-order valence-corrected chi connectivity index (χ4v) is 2.82. The van der Waals surface area contributed by atoms with Crippen LogP contribution in [0.25, 0.3) is 0 Å². The zero-order valence-corrected chi connectivity index (χ0v) is 13.3. The Morgan fingerprint density at radius 1 is 1.22 bits per heavy atom. The molecule has 1 fully saturated rings. The van der Waals surface area contributed by atoms with Crippen molar-refractivity contribution in [1.29, 1.82) is 0 Å². The molecule has 1 aliphatic rings. The van der Waals surface area contributed by atoms with E-state index < -0.39 is 5.92 Å². The van der Waals surface area contributed by atoms with Gasteiger partial charge in [-0.05, 0) is 37.2 Å². The number of hydrogen-bond acceptors (Lipinski definition) is 2. The Hall–Kier alpha value is -1.69. The molecule has 1 aromatic carbocycles. The molecule has 2 amide bonds. The molecule has 0 spiro atoms. The molecular weight excluding hydrogens is 302 g/mol. The maximum atomic E-state index is 13.1. The Bertz CT molecular complexity index is 506. The fraction of sp³-hybridized carbons (Fsp3) is 0.588. The average molecular weight is 326 g/mol. The van der Waals surface area contributed by atoms with Crippen molar-refractivity contribution in [2.75, 3.05) is 6.61 Å². The predicted molar refractivity (Wildman–Crippen MR) is 84.2 cm³/mol. The van der Waals surface area contributed by atoms with Crippen LogP contribution in [0, 0.1) is 5.92 Å². The first-order valence-electron chi connectivity index (χ1n) is 8.01. The van der Waals surface area contributed by atoms with E-state index in [9.17, 15) is 13.6 Å². The van der Waals surface area contributed by atoms with Crippen molar-refractivity contribution in [3.05, 3.63) is 35.4 Å². The van der Waals surface area contributed by atoms with Crippen molar-refractivity contribution in [3.8, 4) is 0 Å². The lowest BCUT2D eigenvalue weighted by atomic mass is 9.87. The molecule has 0 radical (unpaired) electrons. The van der Waals surface area contributed by atoms with Gasteiger partial charge in [0.25, 0.3) is 5.92 Å². The molecule has 4 nitrogen and oxygen atoms in total. The Kier molecular flexibility index (Phi) is 5.93. The van der Waals surface area contributed by atoms with Crippen LogP contribution in [0.15, 0.2) is 24.3 Å². The maximum absolute atomic E-state index is 13.1. The van der Waals surface area contributed by atoms with Gasteiger partial charge in [0.05, 0.1) is 0 Å². The van der Waals surface area contributed by atoms with Crippen molar-refractivity contribution in [2.45, 2.75) is 51.1 Å². The van der Waals surface area contributed by atoms with E-state index in [1.165, 1.54) is 12.1 Å². The predicted octanol–water partition coefficient (Wildman–Crippen LogP) is 3.15. The van der Waals surface area contributed by atoms with Gasteiger partial charge in [-0.3, -0.25) is 0 Å². The van der Waals surface area contributed by atoms with Crippen LogP contribution in [0.1, 0.15) is 43.7 Å². The number of halogens is 2. The first-order chi connectivity index (χ1) is 10.9. The highest BCUT2D eigenvalue weighted by atomic mass is 19.3. The van der Waals surface area contributed by atoms with Gasteiger partial charge >= 0.3 is 6.03 Å². The number of rotatable bonds is 5. The van der Waals surface area contributed by atoms with Crippen molar-refractivity contribution in [2.24, 2.45) is 5.92 Å². The molecule has 0 bridgehead atoms. The number of benzene rings is 1. The SMILES string of the molecule is CC(F)(F)c1ccc(CNC(=O)NC2CCC(CO)CC2)cc1. The van der Waals surface area contributed by atoms with Crippen molar-refractivity contribution >= 4 is 6.03 Å². The van der Waals surface area contributed by atoms with Gasteiger partial charge in [0.1, 0.15) is 0 Å². The number of carbonyl (C=O) groups is 1. The lowest BCUT2D eigenvalue weighted by Crippen LogP contribution is -2.43. The molecule has 0 unspecified atom stereocenters. The number of aliphatic hydroxyl groups is 1. The zero-order chi connectivity index (χ0) is 16.9. The van der Waals surface area contributed by atoms with E-state index >= 15 is 0 Å². The van der Waals surface area contributed by atoms with E-state index in [0.29, 0.717) is 12.5 Å². The summed E-state index contributed by atoms with van der Waals surface area (Å²) in [6.07, 6.45) is 3.60. The van der Waals surface area contributed by atoms with Gasteiger partial charge in [-0.1, -0.05) is 24.3 Å². The van der Waals surface area contributed by atoms with E-state index in [2.05, 4.69) is 10.6 Å². The molecule has 0 atom stereocenters. The molecule has 0 heterocycles. The van der Waals surface area contributed by atoms with E-state index in [0.717, 1.165) is 38.2 Å². The molecule has 0 saturated heterocycles. The van der Waals surface area contributed by atoms with Crippen LogP contribution >= 0.6 is 0 Å². The van der Waals surface area contributed by atoms with Crippen LogP contribution in [0.3, 0.4) is 0 Å². The molecule has 2 rings (SSSR count). The molecule has 1 saturated carbocycles. The minimum Gasteiger partial charge on any atom is -0.396 e. The Labute approximate surface area is 135 Å². The number of aliphatic hydroxyl groups excluding tert-OH is 1. The molecule has 1 aromatic rings. The lowest BCUT2D eigenvalue weighted by Gasteiger charge is -2.27. The Morgan fingerprint density at radius 2 is 1.83 bits per heavy atom. The maximum Gasteiger partial charge on any atom is 0.315 e. The van der Waals surface area contributed by atoms with Gasteiger partial charge < -0.3 is 15.7 Å². The summed E-state index contributed by atoms with van der Waals surface area (Å²) in [5, 5.41) is 14.8. The van der Waals surface area contributed by atoms with Gasteiger partial charge in [0, 0.05) is 31.7 Å². The first-order valence-corrected chi connectivity index (χ1v) is 8.01. The van der Waals surface area contributed by atoms with Crippen molar-refractivity contribution in [3.63, 3.8) is 0 Å². The van der Waals surface area contributed by atoms with Gasteiger partial charge in [0.2, 0.25) is 0 Å². The van der Waals surface area contributed by atoms with Crippen molar-refractivity contribution in [1.82, 2.24) is 10.6 Å². The highest BCUT2D eigenvalue weighted by Crippen LogP contribution is 2.26. The number of urea groups is 1. The topological polar surface area (TPSA) is 61.4 Å². The smallest absolute Gasteiger partial charge is 0.315 e. The lowest BCUT2D eigenvalue weighted by molar-refractivity contribution is 0.0174. The molecule has 1 aliphatic carbocycles. The average Bonchev–Trinajstić information content (AvgIpc) is 2.53. The monoisotopic (exact) mass is 326 g/mol. The van der Waals surface area contributed by atoms with Crippen LogP contribution in [0.2, 0.25) is 0 Å². The standard InChI is InChI=1S/C17H24F2N2O2/c1-17(18,19)14-6-2-12(3-7-14)10-20-16(23)21-15-8-4-13(11-22)5-9-15/h2-3,6-7,13,15,22H,4-5,8-11H2,1H3,(H2,20,21,23). The van der Waals surface area contributed by atoms with Crippen molar-refractivity contribution < 1.29 is 18.7 Å². The fourth-order valence-electron chi connectivity index (χ4n) is 2.82.